The van der Waals surface area contributed by atoms with Crippen LogP contribution in [-0.2, 0) is 21.7 Å². The number of hydrogen-bond acceptors (Lipinski definition) is 0. The Kier molecular flexibility index (Phi) is 11.0. The zero-order chi connectivity index (χ0) is 13.6. The van der Waals surface area contributed by atoms with Crippen molar-refractivity contribution in [3.8, 4) is 0 Å². The summed E-state index contributed by atoms with van der Waals surface area (Å²) >= 11 is 0. The van der Waals surface area contributed by atoms with Gasteiger partial charge in [-0.1, -0.05) is 43.3 Å². The van der Waals surface area contributed by atoms with Crippen LogP contribution >= 0.6 is 0 Å². The van der Waals surface area contributed by atoms with Crippen molar-refractivity contribution in [2.45, 2.75) is 47.7 Å². The van der Waals surface area contributed by atoms with Crippen LogP contribution < -0.4 is 0 Å². The molecule has 0 amide bonds. The molecule has 0 radical (unpaired) electrons. The zero-order valence-corrected chi connectivity index (χ0v) is 15.7. The first-order valence-corrected chi connectivity index (χ1v) is 9.31. The van der Waals surface area contributed by atoms with Gasteiger partial charge in [-0.2, -0.15) is 6.08 Å². The molecular formula is C16H27SiTi-. The van der Waals surface area contributed by atoms with Crippen molar-refractivity contribution in [1.29, 1.82) is 0 Å². The molecule has 0 aliphatic heterocycles. The third-order valence-electron chi connectivity index (χ3n) is 3.63. The van der Waals surface area contributed by atoms with E-state index in [1.165, 1.54) is 6.08 Å². The van der Waals surface area contributed by atoms with Gasteiger partial charge in [-0.15, -0.1) is 0 Å². The van der Waals surface area contributed by atoms with Crippen molar-refractivity contribution < 1.29 is 21.7 Å². The molecule has 0 aromatic rings. The van der Waals surface area contributed by atoms with E-state index >= 15 is 0 Å². The first-order chi connectivity index (χ1) is 7.88. The van der Waals surface area contributed by atoms with Crippen LogP contribution in [0.4, 0.5) is 0 Å². The topological polar surface area (TPSA) is 0 Å². The van der Waals surface area contributed by atoms with Crippen molar-refractivity contribution >= 4 is 8.80 Å². The summed E-state index contributed by atoms with van der Waals surface area (Å²) in [5.41, 5.74) is 4.75. The van der Waals surface area contributed by atoms with Crippen molar-refractivity contribution in [2.24, 2.45) is 5.92 Å². The summed E-state index contributed by atoms with van der Waals surface area (Å²) in [6, 6.07) is 0. The van der Waals surface area contributed by atoms with Crippen LogP contribution in [0.25, 0.3) is 0 Å². The van der Waals surface area contributed by atoms with Crippen molar-refractivity contribution in [2.75, 3.05) is 0 Å². The normalized spacial score (nSPS) is 19.0. The summed E-state index contributed by atoms with van der Waals surface area (Å²) in [5.74, 6) is 0.747. The van der Waals surface area contributed by atoms with E-state index < -0.39 is 8.80 Å². The predicted molar refractivity (Wildman–Crippen MR) is 82.8 cm³/mol. The minimum Gasteiger partial charge on any atom is -0.293 e. The van der Waals surface area contributed by atoms with Gasteiger partial charge in [-0.3, -0.25) is 6.58 Å². The molecule has 1 atom stereocenters. The van der Waals surface area contributed by atoms with Gasteiger partial charge >= 0.3 is 0 Å². The molecule has 2 heteroatoms. The Balaban J connectivity index is 0. The van der Waals surface area contributed by atoms with Crippen LogP contribution in [-0.4, -0.2) is 8.80 Å². The van der Waals surface area contributed by atoms with Crippen LogP contribution in [0.15, 0.2) is 40.1 Å². The van der Waals surface area contributed by atoms with Gasteiger partial charge in [0.1, 0.15) is 0 Å². The summed E-state index contributed by atoms with van der Waals surface area (Å²) < 4.78 is 0. The van der Waals surface area contributed by atoms with E-state index in [1.807, 2.05) is 13.0 Å². The largest absolute Gasteiger partial charge is 0.293 e. The molecule has 1 aliphatic carbocycles. The van der Waals surface area contributed by atoms with E-state index in [4.69, 9.17) is 6.58 Å². The van der Waals surface area contributed by atoms with Crippen molar-refractivity contribution in [3.63, 3.8) is 0 Å². The molecule has 0 bridgehead atoms. The maximum Gasteiger partial charge on any atom is 0.0607 e. The minimum absolute atomic E-state index is 0. The second kappa shape index (κ2) is 9.77. The summed E-state index contributed by atoms with van der Waals surface area (Å²) in [6.45, 7) is 20.9. The molecule has 18 heavy (non-hydrogen) atoms. The van der Waals surface area contributed by atoms with E-state index in [-0.39, 0.29) is 21.7 Å². The number of allylic oxidation sites excluding steroid dienone is 7. The first kappa shape index (κ1) is 20.2. The fourth-order valence-electron chi connectivity index (χ4n) is 2.44. The Labute approximate surface area is 130 Å². The molecule has 0 N–H and O–H groups in total. The van der Waals surface area contributed by atoms with Crippen molar-refractivity contribution in [3.05, 3.63) is 46.7 Å². The van der Waals surface area contributed by atoms with E-state index in [1.54, 1.807) is 28.0 Å². The van der Waals surface area contributed by atoms with Gasteiger partial charge in [0, 0.05) is 21.7 Å². The van der Waals surface area contributed by atoms with Gasteiger partial charge in [0.2, 0.25) is 0 Å². The van der Waals surface area contributed by atoms with Gasteiger partial charge in [0.05, 0.1) is 8.80 Å². The Morgan fingerprint density at radius 1 is 1.11 bits per heavy atom. The molecule has 0 aromatic heterocycles. The zero-order valence-electron chi connectivity index (χ0n) is 13.0. The Hall–Kier alpha value is -0.109. The fraction of sp³-hybridized carbons (Fsp3) is 0.500. The molecule has 0 fully saturated rings. The molecule has 0 heterocycles. The van der Waals surface area contributed by atoms with Crippen LogP contribution in [0, 0.1) is 12.5 Å². The van der Waals surface area contributed by atoms with Crippen LogP contribution in [0.3, 0.4) is 0 Å². The Morgan fingerprint density at radius 3 is 1.72 bits per heavy atom. The molecule has 0 spiro atoms. The van der Waals surface area contributed by atoms with E-state index in [0.717, 1.165) is 5.92 Å². The summed E-state index contributed by atoms with van der Waals surface area (Å²) in [6.07, 6.45) is 5.15. The van der Waals surface area contributed by atoms with Gasteiger partial charge in [0.25, 0.3) is 0 Å². The molecule has 1 aliphatic rings. The monoisotopic (exact) mass is 295 g/mol. The van der Waals surface area contributed by atoms with Gasteiger partial charge < -0.3 is 0 Å². The smallest absolute Gasteiger partial charge is 0.0607 e. The molecule has 1 unspecified atom stereocenters. The summed E-state index contributed by atoms with van der Waals surface area (Å²) in [5, 5.41) is 1.78. The molecule has 0 nitrogen and oxygen atoms in total. The molecule has 0 saturated carbocycles. The molecule has 0 saturated heterocycles. The van der Waals surface area contributed by atoms with Crippen LogP contribution in [0.2, 0.25) is 13.1 Å². The van der Waals surface area contributed by atoms with Crippen LogP contribution in [0.5, 0.6) is 0 Å². The maximum absolute atomic E-state index is 4.93. The Morgan fingerprint density at radius 2 is 1.61 bits per heavy atom. The maximum atomic E-state index is 4.93. The minimum atomic E-state index is -0.578. The molecule has 0 aromatic carbocycles. The number of rotatable bonds is 2. The van der Waals surface area contributed by atoms with Gasteiger partial charge in [-0.25, -0.2) is 12.2 Å². The summed E-state index contributed by atoms with van der Waals surface area (Å²) in [7, 11) is -0.578. The predicted octanol–water partition coefficient (Wildman–Crippen LogP) is 4.86. The fourth-order valence-corrected chi connectivity index (χ4v) is 4.77. The quantitative estimate of drug-likeness (QED) is 0.387. The second-order valence-corrected chi connectivity index (χ2v) is 7.91. The second-order valence-electron chi connectivity index (χ2n) is 4.98. The third-order valence-corrected chi connectivity index (χ3v) is 5.81. The Bertz CT molecular complexity index is 359. The first-order valence-electron chi connectivity index (χ1n) is 6.43. The van der Waals surface area contributed by atoms with Crippen molar-refractivity contribution in [1.82, 2.24) is 0 Å². The van der Waals surface area contributed by atoms with E-state index in [0.29, 0.717) is 0 Å². The SMILES string of the molecule is CC1=C(C)C(C)C([SiH](C)C)=C1C.[CH-]=CC=CC.[Ti]. The number of hydrogen-bond donors (Lipinski definition) is 0. The average molecular weight is 295 g/mol. The molecule has 100 valence electrons. The van der Waals surface area contributed by atoms with E-state index in [9.17, 15) is 0 Å². The van der Waals surface area contributed by atoms with E-state index in [2.05, 4.69) is 40.8 Å². The summed E-state index contributed by atoms with van der Waals surface area (Å²) in [4.78, 5) is 0. The van der Waals surface area contributed by atoms with Gasteiger partial charge in [0.15, 0.2) is 0 Å². The molecule has 1 rings (SSSR count). The molecular weight excluding hydrogens is 268 g/mol. The van der Waals surface area contributed by atoms with Gasteiger partial charge in [-0.05, 0) is 32.3 Å². The third kappa shape index (κ3) is 5.26. The standard InChI is InChI=1S/C11H20Si.C5H7.Ti/c1-7-8(2)10(4)11(9(7)3)12(5)6;1-3-5-4-2;/h9,12H,1-6H3;1,3-5H,2H3;/q;-1;. The van der Waals surface area contributed by atoms with Crippen LogP contribution in [0.1, 0.15) is 34.6 Å². The average Bonchev–Trinajstić information content (AvgIpc) is 2.45.